The molecular weight excluding hydrogens is 723 g/mol. The molecule has 4 N–H and O–H groups in total. The van der Waals surface area contributed by atoms with E-state index in [1.807, 2.05) is 0 Å². The summed E-state index contributed by atoms with van der Waals surface area (Å²) in [7, 11) is -4.83. The highest BCUT2D eigenvalue weighted by molar-refractivity contribution is 7.46. The minimum absolute atomic E-state index is 0.0314. The molecule has 0 unspecified atom stereocenters. The fourth-order valence-corrected chi connectivity index (χ4v) is 6.68. The number of phosphoric ester groups is 1. The van der Waals surface area contributed by atoms with Crippen LogP contribution in [0.3, 0.4) is 0 Å². The van der Waals surface area contributed by atoms with Crippen LogP contribution in [0.1, 0.15) is 149 Å². The Morgan fingerprint density at radius 2 is 1.38 bits per heavy atom. The minimum Gasteiger partial charge on any atom is -0.462 e. The van der Waals surface area contributed by atoms with Gasteiger partial charge in [-0.3, -0.25) is 18.9 Å². The van der Waals surface area contributed by atoms with Gasteiger partial charge in [0.2, 0.25) is 0 Å². The predicted octanol–water partition coefficient (Wildman–Crippen LogP) is 9.10. The number of unbranched alkanes of at least 4 members (excludes halogenated alkanes) is 9. The summed E-state index contributed by atoms with van der Waals surface area (Å²) in [5, 5.41) is 20.6. The zero-order valence-corrected chi connectivity index (χ0v) is 34.4. The first-order chi connectivity index (χ1) is 26.5. The van der Waals surface area contributed by atoms with E-state index in [4.69, 9.17) is 19.3 Å². The van der Waals surface area contributed by atoms with E-state index in [1.165, 1.54) is 0 Å². The Kier molecular flexibility index (Phi) is 29.7. The maximum atomic E-state index is 12.5. The number of Topliss-reactive ketones (excluding diaryl/α,β-unsaturated/α-hetero) is 1. The van der Waals surface area contributed by atoms with Crippen molar-refractivity contribution in [2.24, 2.45) is 11.8 Å². The largest absolute Gasteiger partial charge is 0.469 e. The standard InChI is InChI=1S/C43H71O11P/c1-3-5-7-8-9-10-11-12-13-14-15-16-17-18-19-20-25-29-42(47)52-34-37(35-53-55(49,50)51)54-43(48)30-26-22-21-24-28-38-39(41(46)33-40(38)45)32-31-36(44)27-23-6-4-2/h5,7,9-10,12-13,15-16,31-32,36-39,41,44,46H,3-4,6,8,11,14,17-30,33-35H2,1-2H3,(H2,49,50,51)/b7-5-,10-9-,13-12-,16-15-,32-31+/t36-,37+,38+,39+,41+/m0/s1. The summed E-state index contributed by atoms with van der Waals surface area (Å²) in [4.78, 5) is 55.6. The van der Waals surface area contributed by atoms with Crippen LogP contribution in [0.2, 0.25) is 0 Å². The van der Waals surface area contributed by atoms with Crippen LogP contribution in [0.5, 0.6) is 0 Å². The third-order valence-corrected chi connectivity index (χ3v) is 9.90. The number of hydrogen-bond donors (Lipinski definition) is 4. The molecule has 0 amide bonds. The molecule has 0 saturated heterocycles. The summed E-state index contributed by atoms with van der Waals surface area (Å²) in [5.41, 5.74) is 0. The molecule has 0 aromatic rings. The lowest BCUT2D eigenvalue weighted by Gasteiger charge is -2.19. The number of aliphatic hydroxyl groups is 2. The number of phosphoric acid groups is 1. The van der Waals surface area contributed by atoms with Crippen LogP contribution in [-0.4, -0.2) is 69.2 Å². The summed E-state index contributed by atoms with van der Waals surface area (Å²) >= 11 is 0. The average molecular weight is 795 g/mol. The van der Waals surface area contributed by atoms with E-state index in [9.17, 15) is 29.2 Å². The van der Waals surface area contributed by atoms with Crippen LogP contribution >= 0.6 is 7.82 Å². The van der Waals surface area contributed by atoms with Gasteiger partial charge in [0.15, 0.2) is 6.10 Å². The van der Waals surface area contributed by atoms with E-state index >= 15 is 0 Å². The molecular formula is C43H71O11P. The zero-order valence-electron chi connectivity index (χ0n) is 33.5. The highest BCUT2D eigenvalue weighted by Crippen LogP contribution is 2.36. The van der Waals surface area contributed by atoms with Crippen molar-refractivity contribution in [2.45, 2.75) is 167 Å². The topological polar surface area (TPSA) is 177 Å². The van der Waals surface area contributed by atoms with Gasteiger partial charge in [0.1, 0.15) is 12.4 Å². The second-order valence-corrected chi connectivity index (χ2v) is 15.6. The Morgan fingerprint density at radius 1 is 0.782 bits per heavy atom. The summed E-state index contributed by atoms with van der Waals surface area (Å²) < 4.78 is 26.4. The third kappa shape index (κ3) is 28.4. The Labute approximate surface area is 330 Å². The van der Waals surface area contributed by atoms with E-state index in [0.29, 0.717) is 32.1 Å². The molecule has 1 aliphatic rings. The van der Waals surface area contributed by atoms with Crippen LogP contribution in [0.15, 0.2) is 60.8 Å². The van der Waals surface area contributed by atoms with Gasteiger partial charge in [0.05, 0.1) is 18.8 Å². The summed E-state index contributed by atoms with van der Waals surface area (Å²) in [6.07, 6.45) is 34.1. The number of carbonyl (C=O) groups is 3. The van der Waals surface area contributed by atoms with E-state index < -0.39 is 44.7 Å². The second kappa shape index (κ2) is 32.4. The van der Waals surface area contributed by atoms with Gasteiger partial charge < -0.3 is 29.5 Å². The van der Waals surface area contributed by atoms with Gasteiger partial charge in [-0.2, -0.15) is 0 Å². The van der Waals surface area contributed by atoms with Gasteiger partial charge in [-0.25, -0.2) is 4.57 Å². The second-order valence-electron chi connectivity index (χ2n) is 14.4. The van der Waals surface area contributed by atoms with E-state index in [1.54, 1.807) is 12.2 Å². The molecule has 0 bridgehead atoms. The van der Waals surface area contributed by atoms with Gasteiger partial charge in [0, 0.05) is 31.1 Å². The van der Waals surface area contributed by atoms with Crippen molar-refractivity contribution < 1.29 is 52.9 Å². The normalized spacial score (nSPS) is 19.2. The molecule has 0 aliphatic heterocycles. The number of esters is 2. The van der Waals surface area contributed by atoms with Crippen molar-refractivity contribution in [3.63, 3.8) is 0 Å². The van der Waals surface area contributed by atoms with Crippen molar-refractivity contribution in [1.82, 2.24) is 0 Å². The van der Waals surface area contributed by atoms with E-state index in [2.05, 4.69) is 67.0 Å². The molecule has 0 aromatic heterocycles. The van der Waals surface area contributed by atoms with Crippen LogP contribution in [-0.2, 0) is 32.9 Å². The fraction of sp³-hybridized carbons (Fsp3) is 0.698. The number of allylic oxidation sites excluding steroid dienone is 8. The molecule has 1 fully saturated rings. The van der Waals surface area contributed by atoms with Crippen molar-refractivity contribution in [2.75, 3.05) is 13.2 Å². The van der Waals surface area contributed by atoms with Crippen LogP contribution in [0.25, 0.3) is 0 Å². The lowest BCUT2D eigenvalue weighted by atomic mass is 9.88. The number of ether oxygens (including phenoxy) is 2. The fourth-order valence-electron chi connectivity index (χ4n) is 6.32. The zero-order chi connectivity index (χ0) is 40.6. The molecule has 0 spiro atoms. The third-order valence-electron chi connectivity index (χ3n) is 9.42. The van der Waals surface area contributed by atoms with E-state index in [-0.39, 0.29) is 43.5 Å². The molecule has 1 rings (SSSR count). The highest BCUT2D eigenvalue weighted by atomic mass is 31.2. The number of hydrogen-bond acceptors (Lipinski definition) is 9. The first kappa shape index (κ1) is 50.4. The first-order valence-electron chi connectivity index (χ1n) is 20.7. The quantitative estimate of drug-likeness (QED) is 0.0216. The number of carbonyl (C=O) groups excluding carboxylic acids is 3. The predicted molar refractivity (Wildman–Crippen MR) is 217 cm³/mol. The van der Waals surface area contributed by atoms with Crippen LogP contribution < -0.4 is 0 Å². The molecule has 0 aromatic carbocycles. The SMILES string of the molecule is CC/C=C\C/C=C\C/C=C\C/C=C\CCCCCCC(=O)OC[C@H](COP(=O)(O)O)OC(=O)CCCCCC[C@H]1C(=O)C[C@@H](O)[C@@H]1/C=C/[C@@H](O)CCCCC. The van der Waals surface area contributed by atoms with Gasteiger partial charge in [-0.05, 0) is 64.2 Å². The molecule has 314 valence electrons. The Morgan fingerprint density at radius 3 is 2.02 bits per heavy atom. The Bertz CT molecular complexity index is 1230. The number of ketones is 1. The number of rotatable bonds is 33. The summed E-state index contributed by atoms with van der Waals surface area (Å²) in [6.45, 7) is 3.24. The Hall–Kier alpha value is -2.66. The smallest absolute Gasteiger partial charge is 0.462 e. The highest BCUT2D eigenvalue weighted by Gasteiger charge is 2.39. The van der Waals surface area contributed by atoms with Crippen molar-refractivity contribution in [3.8, 4) is 0 Å². The molecule has 55 heavy (non-hydrogen) atoms. The average Bonchev–Trinajstić information content (AvgIpc) is 3.41. The molecule has 0 radical (unpaired) electrons. The molecule has 12 heteroatoms. The summed E-state index contributed by atoms with van der Waals surface area (Å²) in [5.74, 6) is -1.65. The molecule has 1 aliphatic carbocycles. The van der Waals surface area contributed by atoms with Gasteiger partial charge in [-0.15, -0.1) is 0 Å². The van der Waals surface area contributed by atoms with E-state index in [0.717, 1.165) is 83.5 Å². The lowest BCUT2D eigenvalue weighted by molar-refractivity contribution is -0.161. The monoisotopic (exact) mass is 794 g/mol. The van der Waals surface area contributed by atoms with Crippen molar-refractivity contribution in [1.29, 1.82) is 0 Å². The molecule has 5 atom stereocenters. The Balaban J connectivity index is 2.29. The van der Waals surface area contributed by atoms with Crippen LogP contribution in [0, 0.1) is 11.8 Å². The summed E-state index contributed by atoms with van der Waals surface area (Å²) in [6, 6.07) is 0. The van der Waals surface area contributed by atoms with Crippen LogP contribution in [0.4, 0.5) is 0 Å². The van der Waals surface area contributed by atoms with Gasteiger partial charge >= 0.3 is 19.8 Å². The van der Waals surface area contributed by atoms with Crippen molar-refractivity contribution >= 4 is 25.5 Å². The van der Waals surface area contributed by atoms with Gasteiger partial charge in [0.25, 0.3) is 0 Å². The minimum atomic E-state index is -4.83. The molecule has 0 heterocycles. The number of aliphatic hydroxyl groups excluding tert-OH is 2. The van der Waals surface area contributed by atoms with Gasteiger partial charge in [-0.1, -0.05) is 126 Å². The molecule has 11 nitrogen and oxygen atoms in total. The first-order valence-corrected chi connectivity index (χ1v) is 22.2. The molecule has 1 saturated carbocycles. The maximum Gasteiger partial charge on any atom is 0.469 e. The maximum absolute atomic E-state index is 12.5. The van der Waals surface area contributed by atoms with Crippen molar-refractivity contribution in [3.05, 3.63) is 60.8 Å². The lowest BCUT2D eigenvalue weighted by Crippen LogP contribution is -2.29.